The summed E-state index contributed by atoms with van der Waals surface area (Å²) in [5.74, 6) is -2.62. The maximum absolute atomic E-state index is 14.2. The van der Waals surface area contributed by atoms with Crippen LogP contribution in [0.3, 0.4) is 0 Å². The molecule has 19 nitrogen and oxygen atoms in total. The minimum Gasteiger partial charge on any atom is -0.508 e. The number of esters is 1. The fourth-order valence-electron chi connectivity index (χ4n) is 6.24. The number of aliphatic hydroxyl groups is 7. The highest BCUT2D eigenvalue weighted by molar-refractivity contribution is 5.88. The Morgan fingerprint density at radius 2 is 1.40 bits per heavy atom. The van der Waals surface area contributed by atoms with Crippen LogP contribution in [0.1, 0.15) is 20.8 Å². The predicted molar refractivity (Wildman–Crippen MR) is 173 cm³/mol. The van der Waals surface area contributed by atoms with E-state index >= 15 is 0 Å². The van der Waals surface area contributed by atoms with Gasteiger partial charge in [-0.25, -0.2) is 0 Å². The molecule has 290 valence electrons. The van der Waals surface area contributed by atoms with Crippen molar-refractivity contribution >= 4 is 16.9 Å². The van der Waals surface area contributed by atoms with Crippen LogP contribution in [-0.4, -0.2) is 145 Å². The number of carbonyl (C=O) groups is 1. The average molecular weight is 753 g/mol. The molecule has 3 aliphatic rings. The van der Waals surface area contributed by atoms with E-state index in [2.05, 4.69) is 0 Å². The zero-order chi connectivity index (χ0) is 38.5. The third kappa shape index (κ3) is 7.64. The van der Waals surface area contributed by atoms with Crippen LogP contribution in [0.15, 0.2) is 45.6 Å². The molecule has 4 heterocycles. The van der Waals surface area contributed by atoms with Crippen molar-refractivity contribution in [3.05, 3.63) is 46.6 Å². The molecular weight excluding hydrogens is 712 g/mol. The van der Waals surface area contributed by atoms with Crippen molar-refractivity contribution in [1.82, 2.24) is 0 Å². The SMILES string of the molecule is CC(=O)O[C@H]1C(C)O[C@@H](Oc2cc(O)c3c(=O)c(O[C@@H]4OC(C)[C@H](O)C(O)[C@@H]4O[C@@H]4OC[C@@H](O)[C@H](O)C4O)c(-c4ccc(O)cc4)oc3c2)[C@@H](O)C1O. The van der Waals surface area contributed by atoms with Crippen LogP contribution in [0.25, 0.3) is 22.3 Å². The zero-order valence-corrected chi connectivity index (χ0v) is 28.4. The molecule has 5 unspecified atom stereocenters. The number of fused-ring (bicyclic) bond motifs is 1. The Labute approximate surface area is 299 Å². The summed E-state index contributed by atoms with van der Waals surface area (Å²) in [6, 6.07) is 7.49. The van der Waals surface area contributed by atoms with Gasteiger partial charge in [-0.3, -0.25) is 9.59 Å². The number of benzene rings is 2. The molecule has 3 aromatic rings. The number of ether oxygens (including phenoxy) is 7. The van der Waals surface area contributed by atoms with E-state index in [0.29, 0.717) is 0 Å². The molecule has 14 atom stereocenters. The van der Waals surface area contributed by atoms with E-state index in [1.807, 2.05) is 0 Å². The van der Waals surface area contributed by atoms with Crippen molar-refractivity contribution in [2.24, 2.45) is 0 Å². The van der Waals surface area contributed by atoms with Crippen molar-refractivity contribution in [3.8, 4) is 34.3 Å². The Kier molecular flexibility index (Phi) is 11.2. The van der Waals surface area contributed by atoms with E-state index in [9.17, 15) is 55.5 Å². The Bertz CT molecular complexity index is 1830. The minimum absolute atomic E-state index is 0.139. The van der Waals surface area contributed by atoms with Crippen molar-refractivity contribution in [1.29, 1.82) is 0 Å². The first kappa shape index (κ1) is 38.6. The number of aliphatic hydroxyl groups excluding tert-OH is 7. The van der Waals surface area contributed by atoms with Gasteiger partial charge in [0, 0.05) is 24.6 Å². The first-order valence-corrected chi connectivity index (χ1v) is 16.5. The van der Waals surface area contributed by atoms with E-state index in [1.165, 1.54) is 44.2 Å². The first-order chi connectivity index (χ1) is 25.0. The van der Waals surface area contributed by atoms with Gasteiger partial charge in [0.1, 0.15) is 70.9 Å². The maximum atomic E-state index is 14.2. The third-order valence-corrected chi connectivity index (χ3v) is 9.13. The molecule has 3 aliphatic heterocycles. The molecular formula is C34H40O19. The molecule has 0 saturated carbocycles. The van der Waals surface area contributed by atoms with Gasteiger partial charge in [0.15, 0.2) is 24.3 Å². The molecule has 0 bridgehead atoms. The van der Waals surface area contributed by atoms with Crippen molar-refractivity contribution in [2.75, 3.05) is 6.61 Å². The van der Waals surface area contributed by atoms with Crippen LogP contribution >= 0.6 is 0 Å². The lowest BCUT2D eigenvalue weighted by Crippen LogP contribution is -2.62. The smallest absolute Gasteiger partial charge is 0.303 e. The molecule has 0 spiro atoms. The molecule has 19 heteroatoms. The van der Waals surface area contributed by atoms with Gasteiger partial charge in [0.25, 0.3) is 0 Å². The number of hydrogen-bond donors (Lipinski definition) is 9. The van der Waals surface area contributed by atoms with Crippen LogP contribution in [-0.2, 0) is 28.5 Å². The number of phenols is 2. The summed E-state index contributed by atoms with van der Waals surface area (Å²) in [6.07, 6.45) is -21.5. The van der Waals surface area contributed by atoms with Gasteiger partial charge < -0.3 is 83.5 Å². The fraction of sp³-hybridized carbons (Fsp3) is 0.529. The Morgan fingerprint density at radius 1 is 0.755 bits per heavy atom. The van der Waals surface area contributed by atoms with Gasteiger partial charge >= 0.3 is 5.97 Å². The summed E-state index contributed by atoms with van der Waals surface area (Å²) in [4.78, 5) is 25.7. The second-order valence-corrected chi connectivity index (χ2v) is 13.0. The number of phenolic OH excluding ortho intramolecular Hbond substituents is 2. The van der Waals surface area contributed by atoms with Crippen molar-refractivity contribution < 1.29 is 88.3 Å². The van der Waals surface area contributed by atoms with E-state index in [-0.39, 0.29) is 28.4 Å². The topological polar surface area (TPSA) is 294 Å². The Morgan fingerprint density at radius 3 is 2.08 bits per heavy atom. The second kappa shape index (κ2) is 15.3. The highest BCUT2D eigenvalue weighted by Crippen LogP contribution is 2.39. The number of hydrogen-bond acceptors (Lipinski definition) is 19. The Balaban J connectivity index is 1.37. The molecule has 0 amide bonds. The molecule has 0 aliphatic carbocycles. The molecule has 6 rings (SSSR count). The number of rotatable bonds is 8. The van der Waals surface area contributed by atoms with Crippen molar-refractivity contribution in [2.45, 2.75) is 107 Å². The molecule has 3 fully saturated rings. The van der Waals surface area contributed by atoms with Gasteiger partial charge in [0.2, 0.25) is 23.8 Å². The molecule has 2 aromatic carbocycles. The van der Waals surface area contributed by atoms with Crippen molar-refractivity contribution in [3.63, 3.8) is 0 Å². The maximum Gasteiger partial charge on any atom is 0.303 e. The summed E-state index contributed by atoms with van der Waals surface area (Å²) in [7, 11) is 0. The highest BCUT2D eigenvalue weighted by Gasteiger charge is 2.50. The third-order valence-electron chi connectivity index (χ3n) is 9.13. The van der Waals surface area contributed by atoms with Gasteiger partial charge in [-0.2, -0.15) is 0 Å². The molecule has 9 N–H and O–H groups in total. The second-order valence-electron chi connectivity index (χ2n) is 13.0. The summed E-state index contributed by atoms with van der Waals surface area (Å²) in [5.41, 5.74) is -1.10. The first-order valence-electron chi connectivity index (χ1n) is 16.5. The normalized spacial score (nSPS) is 36.2. The van der Waals surface area contributed by atoms with Gasteiger partial charge in [0.05, 0.1) is 18.8 Å². The van der Waals surface area contributed by atoms with Crippen LogP contribution in [0.5, 0.6) is 23.0 Å². The predicted octanol–water partition coefficient (Wildman–Crippen LogP) is -1.68. The Hall–Kier alpha value is -4.12. The van der Waals surface area contributed by atoms with Gasteiger partial charge in [-0.1, -0.05) is 0 Å². The lowest BCUT2D eigenvalue weighted by atomic mass is 9.99. The zero-order valence-electron chi connectivity index (χ0n) is 28.4. The molecule has 3 saturated heterocycles. The average Bonchev–Trinajstić information content (AvgIpc) is 3.10. The summed E-state index contributed by atoms with van der Waals surface area (Å²) < 4.78 is 45.3. The minimum atomic E-state index is -1.81. The quantitative estimate of drug-likeness (QED) is 0.116. The lowest BCUT2D eigenvalue weighted by Gasteiger charge is -2.44. The van der Waals surface area contributed by atoms with Gasteiger partial charge in [-0.15, -0.1) is 0 Å². The summed E-state index contributed by atoms with van der Waals surface area (Å²) in [5, 5.41) is 94.0. The van der Waals surface area contributed by atoms with Gasteiger partial charge in [-0.05, 0) is 38.1 Å². The largest absolute Gasteiger partial charge is 0.508 e. The molecule has 1 aromatic heterocycles. The van der Waals surface area contributed by atoms with E-state index in [4.69, 9.17) is 37.6 Å². The summed E-state index contributed by atoms with van der Waals surface area (Å²) in [6.45, 7) is 3.54. The van der Waals surface area contributed by atoms with Crippen LogP contribution in [0, 0.1) is 0 Å². The lowest BCUT2D eigenvalue weighted by molar-refractivity contribution is -0.341. The number of aromatic hydroxyl groups is 2. The monoisotopic (exact) mass is 752 g/mol. The van der Waals surface area contributed by atoms with E-state index in [0.717, 1.165) is 13.0 Å². The van der Waals surface area contributed by atoms with Crippen LogP contribution < -0.4 is 14.9 Å². The molecule has 53 heavy (non-hydrogen) atoms. The van der Waals surface area contributed by atoms with E-state index in [1.54, 1.807) is 0 Å². The standard InChI is InChI=1S/C34H40O19/c1-11-21(39)24(42)31(53-32-26(44)22(40)18(38)10-46-32)34(47-11)52-30-23(41)20-17(37)8-16(9-19(20)51-29(30)14-4-6-15(36)7-5-14)50-33-27(45)25(43)28(12(2)48-33)49-13(3)35/h4-9,11-12,18,21-22,24-28,31-34,36-40,42-45H,10H2,1-3H3/t11?,12?,18-,21+,22+,24?,25?,26?,27+,28+,31+,32+,33+,34+/m1/s1. The summed E-state index contributed by atoms with van der Waals surface area (Å²) >= 11 is 0. The number of carbonyl (C=O) groups excluding carboxylic acids is 1. The van der Waals surface area contributed by atoms with Crippen LogP contribution in [0.2, 0.25) is 0 Å². The highest BCUT2D eigenvalue weighted by atomic mass is 16.8. The van der Waals surface area contributed by atoms with Crippen LogP contribution in [0.4, 0.5) is 0 Å². The molecule has 0 radical (unpaired) electrons. The van der Waals surface area contributed by atoms with E-state index < -0.39 is 121 Å². The fourth-order valence-corrected chi connectivity index (χ4v) is 6.24.